The Bertz CT molecular complexity index is 930. The quantitative estimate of drug-likeness (QED) is 0.672. The van der Waals surface area contributed by atoms with Gasteiger partial charge in [-0.2, -0.15) is 5.10 Å². The molecule has 26 heavy (non-hydrogen) atoms. The molecule has 0 atom stereocenters. The van der Waals surface area contributed by atoms with Crippen LogP contribution in [0.25, 0.3) is 5.69 Å². The zero-order chi connectivity index (χ0) is 18.1. The predicted molar refractivity (Wildman–Crippen MR) is 98.5 cm³/mol. The molecule has 8 nitrogen and oxygen atoms in total. The van der Waals surface area contributed by atoms with Crippen molar-refractivity contribution in [2.45, 2.75) is 37.9 Å². The normalized spacial score (nSPS) is 13.8. The molecule has 3 aromatic rings. The summed E-state index contributed by atoms with van der Waals surface area (Å²) >= 11 is 1.35. The number of aryl methyl sites for hydroxylation is 1. The summed E-state index contributed by atoms with van der Waals surface area (Å²) in [6.45, 7) is 3.84. The number of benzene rings is 1. The van der Waals surface area contributed by atoms with Gasteiger partial charge in [-0.05, 0) is 49.2 Å². The first kappa shape index (κ1) is 16.8. The lowest BCUT2D eigenvalue weighted by Gasteiger charge is -2.07. The third-order valence-electron chi connectivity index (χ3n) is 4.24. The van der Waals surface area contributed by atoms with Crippen molar-refractivity contribution in [1.29, 1.82) is 0 Å². The molecule has 2 aromatic heterocycles. The number of rotatable bonds is 6. The van der Waals surface area contributed by atoms with E-state index >= 15 is 0 Å². The largest absolute Gasteiger partial charge is 0.322 e. The van der Waals surface area contributed by atoms with Crippen LogP contribution in [0.1, 0.15) is 30.3 Å². The summed E-state index contributed by atoms with van der Waals surface area (Å²) in [7, 11) is 0. The minimum atomic E-state index is -0.0980. The molecule has 4 rings (SSSR count). The van der Waals surface area contributed by atoms with Crippen molar-refractivity contribution in [1.82, 2.24) is 30.0 Å². The number of anilines is 1. The lowest BCUT2D eigenvalue weighted by molar-refractivity contribution is -0.113. The molecule has 0 spiro atoms. The summed E-state index contributed by atoms with van der Waals surface area (Å²) in [5, 5.41) is 19.9. The van der Waals surface area contributed by atoms with Crippen LogP contribution in [0.4, 0.5) is 5.69 Å². The molecular weight excluding hydrogens is 350 g/mol. The van der Waals surface area contributed by atoms with Crippen LogP contribution in [0.15, 0.2) is 35.5 Å². The van der Waals surface area contributed by atoms with E-state index in [4.69, 9.17) is 0 Å². The van der Waals surface area contributed by atoms with Crippen molar-refractivity contribution in [2.24, 2.45) is 0 Å². The van der Waals surface area contributed by atoms with Crippen molar-refractivity contribution in [3.05, 3.63) is 41.7 Å². The Morgan fingerprint density at radius 1 is 1.27 bits per heavy atom. The maximum absolute atomic E-state index is 12.4. The number of carbonyl (C=O) groups excluding carboxylic acids is 1. The fourth-order valence-electron chi connectivity index (χ4n) is 2.78. The molecular formula is C17H19N7OS. The molecule has 9 heteroatoms. The molecule has 1 N–H and O–H groups in total. The summed E-state index contributed by atoms with van der Waals surface area (Å²) < 4.78 is 3.65. The molecule has 1 amide bonds. The van der Waals surface area contributed by atoms with Gasteiger partial charge >= 0.3 is 0 Å². The van der Waals surface area contributed by atoms with Gasteiger partial charge in [-0.3, -0.25) is 4.79 Å². The molecule has 0 bridgehead atoms. The molecule has 1 aliphatic rings. The minimum absolute atomic E-state index is 0.0980. The van der Waals surface area contributed by atoms with E-state index in [1.807, 2.05) is 53.5 Å². The Balaban J connectivity index is 1.44. The molecule has 0 radical (unpaired) electrons. The van der Waals surface area contributed by atoms with Gasteiger partial charge in [-0.1, -0.05) is 30.0 Å². The summed E-state index contributed by atoms with van der Waals surface area (Å²) in [5.41, 5.74) is 3.40. The Morgan fingerprint density at radius 2 is 2.04 bits per heavy atom. The number of tetrazole rings is 1. The number of amides is 1. The van der Waals surface area contributed by atoms with Gasteiger partial charge in [0.05, 0.1) is 34.6 Å². The molecule has 1 aliphatic carbocycles. The second-order valence-corrected chi connectivity index (χ2v) is 7.21. The molecule has 2 heterocycles. The van der Waals surface area contributed by atoms with E-state index in [-0.39, 0.29) is 11.7 Å². The molecule has 1 saturated carbocycles. The highest BCUT2D eigenvalue weighted by Gasteiger charge is 2.28. The maximum Gasteiger partial charge on any atom is 0.234 e. The van der Waals surface area contributed by atoms with Crippen LogP contribution in [0.2, 0.25) is 0 Å². The number of hydrogen-bond acceptors (Lipinski definition) is 6. The van der Waals surface area contributed by atoms with E-state index in [0.29, 0.717) is 11.2 Å². The van der Waals surface area contributed by atoms with Gasteiger partial charge < -0.3 is 5.32 Å². The van der Waals surface area contributed by atoms with Crippen molar-refractivity contribution < 1.29 is 4.79 Å². The zero-order valence-electron chi connectivity index (χ0n) is 14.6. The van der Waals surface area contributed by atoms with Crippen molar-refractivity contribution in [3.8, 4) is 5.69 Å². The van der Waals surface area contributed by atoms with Gasteiger partial charge in [0, 0.05) is 0 Å². The first-order chi connectivity index (χ1) is 12.6. The van der Waals surface area contributed by atoms with Crippen LogP contribution in [0.3, 0.4) is 0 Å². The van der Waals surface area contributed by atoms with E-state index in [2.05, 4.69) is 25.9 Å². The Morgan fingerprint density at radius 3 is 2.77 bits per heavy atom. The highest BCUT2D eigenvalue weighted by molar-refractivity contribution is 7.99. The number of nitrogens with one attached hydrogen (secondary N) is 1. The van der Waals surface area contributed by atoms with Crippen LogP contribution >= 0.6 is 11.8 Å². The van der Waals surface area contributed by atoms with Gasteiger partial charge in [-0.25, -0.2) is 9.36 Å². The van der Waals surface area contributed by atoms with Gasteiger partial charge in [-0.15, -0.1) is 5.10 Å². The lowest BCUT2D eigenvalue weighted by atomic mass is 10.3. The van der Waals surface area contributed by atoms with E-state index in [9.17, 15) is 4.79 Å². The van der Waals surface area contributed by atoms with Gasteiger partial charge in [0.2, 0.25) is 11.1 Å². The zero-order valence-corrected chi connectivity index (χ0v) is 15.4. The fraction of sp³-hybridized carbons (Fsp3) is 0.353. The van der Waals surface area contributed by atoms with E-state index in [1.54, 1.807) is 0 Å². The fourth-order valence-corrected chi connectivity index (χ4v) is 3.52. The summed E-state index contributed by atoms with van der Waals surface area (Å²) in [6, 6.07) is 10.3. The molecule has 1 aromatic carbocycles. The number of carbonyl (C=O) groups is 1. The topological polar surface area (TPSA) is 90.5 Å². The predicted octanol–water partition coefficient (Wildman–Crippen LogP) is 2.54. The summed E-state index contributed by atoms with van der Waals surface area (Å²) in [4.78, 5) is 12.4. The highest BCUT2D eigenvalue weighted by Crippen LogP contribution is 2.36. The standard InChI is InChI=1S/C17H19N7OS/c1-11-16(12(2)23(20-11)13-6-4-3-5-7-13)18-15(25)10-26-17-19-21-22-24(17)14-8-9-14/h3-7,14H,8-10H2,1-2H3,(H,18,25). The van der Waals surface area contributed by atoms with E-state index in [0.717, 1.165) is 35.6 Å². The third kappa shape index (κ3) is 3.34. The number of para-hydroxylation sites is 1. The van der Waals surface area contributed by atoms with Crippen molar-refractivity contribution >= 4 is 23.4 Å². The second kappa shape index (κ2) is 6.91. The van der Waals surface area contributed by atoms with Crippen LogP contribution in [-0.4, -0.2) is 41.6 Å². The highest BCUT2D eigenvalue weighted by atomic mass is 32.2. The second-order valence-electron chi connectivity index (χ2n) is 6.27. The van der Waals surface area contributed by atoms with E-state index < -0.39 is 0 Å². The monoisotopic (exact) mass is 369 g/mol. The average molecular weight is 369 g/mol. The molecule has 134 valence electrons. The van der Waals surface area contributed by atoms with Crippen LogP contribution in [-0.2, 0) is 4.79 Å². The van der Waals surface area contributed by atoms with Crippen molar-refractivity contribution in [2.75, 3.05) is 11.1 Å². The average Bonchev–Trinajstić information content (AvgIpc) is 3.33. The maximum atomic E-state index is 12.4. The Kier molecular flexibility index (Phi) is 4.46. The third-order valence-corrected chi connectivity index (χ3v) is 5.18. The number of thioether (sulfide) groups is 1. The summed E-state index contributed by atoms with van der Waals surface area (Å²) in [6.07, 6.45) is 2.20. The van der Waals surface area contributed by atoms with Gasteiger partial charge in [0.25, 0.3) is 0 Å². The van der Waals surface area contributed by atoms with Gasteiger partial charge in [0.1, 0.15) is 0 Å². The molecule has 1 fully saturated rings. The van der Waals surface area contributed by atoms with E-state index in [1.165, 1.54) is 11.8 Å². The number of aromatic nitrogens is 6. The van der Waals surface area contributed by atoms with Gasteiger partial charge in [0.15, 0.2) is 0 Å². The lowest BCUT2D eigenvalue weighted by Crippen LogP contribution is -2.16. The molecule has 0 saturated heterocycles. The molecule has 0 aliphatic heterocycles. The van der Waals surface area contributed by atoms with Crippen LogP contribution < -0.4 is 5.32 Å². The number of hydrogen-bond donors (Lipinski definition) is 1. The minimum Gasteiger partial charge on any atom is -0.322 e. The van der Waals surface area contributed by atoms with Crippen molar-refractivity contribution in [3.63, 3.8) is 0 Å². The Labute approximate surface area is 155 Å². The first-order valence-electron chi connectivity index (χ1n) is 8.45. The Hall–Kier alpha value is -2.68. The smallest absolute Gasteiger partial charge is 0.234 e. The first-order valence-corrected chi connectivity index (χ1v) is 9.44. The molecule has 0 unspecified atom stereocenters. The summed E-state index contributed by atoms with van der Waals surface area (Å²) in [5.74, 6) is 0.154. The number of nitrogens with zero attached hydrogens (tertiary/aromatic N) is 6. The SMILES string of the molecule is Cc1nn(-c2ccccc2)c(C)c1NC(=O)CSc1nnnn1C1CC1. The van der Waals surface area contributed by atoms with Crippen LogP contribution in [0, 0.1) is 13.8 Å². The van der Waals surface area contributed by atoms with Crippen LogP contribution in [0.5, 0.6) is 0 Å².